The van der Waals surface area contributed by atoms with E-state index in [-0.39, 0.29) is 5.78 Å². The minimum Gasteiger partial charge on any atom is -0.306 e. The van der Waals surface area contributed by atoms with E-state index in [9.17, 15) is 4.79 Å². The average Bonchev–Trinajstić information content (AvgIpc) is 2.43. The van der Waals surface area contributed by atoms with Crippen LogP contribution in [0.1, 0.15) is 27.0 Å². The molecule has 0 unspecified atom stereocenters. The smallest absolute Gasteiger partial charge is 0.176 e. The molecule has 0 saturated heterocycles. The summed E-state index contributed by atoms with van der Waals surface area (Å²) in [5.41, 5.74) is 4.20. The maximum atomic E-state index is 12.0. The quantitative estimate of drug-likeness (QED) is 0.834. The molecule has 0 atom stereocenters. The van der Waals surface area contributed by atoms with Gasteiger partial charge in [0.2, 0.25) is 0 Å². The van der Waals surface area contributed by atoms with E-state index < -0.39 is 0 Å². The fourth-order valence-electron chi connectivity index (χ4n) is 1.84. The summed E-state index contributed by atoms with van der Waals surface area (Å²) in [4.78, 5) is 16.1. The Kier molecular flexibility index (Phi) is 4.42. The van der Waals surface area contributed by atoms with Gasteiger partial charge in [-0.15, -0.1) is 0 Å². The maximum Gasteiger partial charge on any atom is 0.176 e. The Morgan fingerprint density at radius 2 is 2.05 bits per heavy atom. The summed E-state index contributed by atoms with van der Waals surface area (Å²) in [6, 6.07) is 9.70. The molecule has 0 radical (unpaired) electrons. The highest BCUT2D eigenvalue weighted by Gasteiger charge is 2.06. The minimum absolute atomic E-state index is 0.118. The third-order valence-corrected chi connectivity index (χ3v) is 3.17. The zero-order valence-corrected chi connectivity index (χ0v) is 11.3. The largest absolute Gasteiger partial charge is 0.306 e. The Hall–Kier alpha value is -2.00. The number of rotatable bonds is 5. The standard InChI is InChI=1S/C16H18N2O/c1-12-5-6-15(8-13(12)2)16(19)11-18-10-14-4-3-7-17-9-14/h3-9,18H,10-11H2,1-2H3. The van der Waals surface area contributed by atoms with Gasteiger partial charge in [0.15, 0.2) is 5.78 Å². The predicted molar refractivity (Wildman–Crippen MR) is 76.2 cm³/mol. The highest BCUT2D eigenvalue weighted by Crippen LogP contribution is 2.10. The van der Waals surface area contributed by atoms with Crippen molar-refractivity contribution >= 4 is 5.78 Å². The molecule has 1 N–H and O–H groups in total. The molecular weight excluding hydrogens is 236 g/mol. The van der Waals surface area contributed by atoms with Crippen LogP contribution in [0.5, 0.6) is 0 Å². The number of hydrogen-bond donors (Lipinski definition) is 1. The number of nitrogens with zero attached hydrogens (tertiary/aromatic N) is 1. The Labute approximate surface area is 113 Å². The number of carbonyl (C=O) groups is 1. The van der Waals surface area contributed by atoms with Gasteiger partial charge in [-0.2, -0.15) is 0 Å². The Morgan fingerprint density at radius 1 is 1.21 bits per heavy atom. The van der Waals surface area contributed by atoms with Gasteiger partial charge >= 0.3 is 0 Å². The number of aromatic nitrogens is 1. The van der Waals surface area contributed by atoms with Gasteiger partial charge in [0, 0.05) is 24.5 Å². The van der Waals surface area contributed by atoms with Gasteiger partial charge in [-0.1, -0.05) is 18.2 Å². The van der Waals surface area contributed by atoms with Crippen molar-refractivity contribution in [1.82, 2.24) is 10.3 Å². The molecule has 98 valence electrons. The second-order valence-corrected chi connectivity index (χ2v) is 4.69. The monoisotopic (exact) mass is 254 g/mol. The lowest BCUT2D eigenvalue weighted by Crippen LogP contribution is -2.22. The van der Waals surface area contributed by atoms with Crippen molar-refractivity contribution < 1.29 is 4.79 Å². The molecule has 0 fully saturated rings. The number of Topliss-reactive ketones (excluding diaryl/α,β-unsaturated/α-hetero) is 1. The van der Waals surface area contributed by atoms with Gasteiger partial charge in [-0.3, -0.25) is 9.78 Å². The molecule has 1 heterocycles. The first-order valence-electron chi connectivity index (χ1n) is 6.37. The highest BCUT2D eigenvalue weighted by atomic mass is 16.1. The van der Waals surface area contributed by atoms with E-state index in [1.54, 1.807) is 12.4 Å². The predicted octanol–water partition coefficient (Wildman–Crippen LogP) is 2.67. The number of benzene rings is 1. The van der Waals surface area contributed by atoms with Crippen molar-refractivity contribution in [2.75, 3.05) is 6.54 Å². The number of nitrogens with one attached hydrogen (secondary N) is 1. The van der Waals surface area contributed by atoms with Gasteiger partial charge in [0.05, 0.1) is 6.54 Å². The minimum atomic E-state index is 0.118. The summed E-state index contributed by atoms with van der Waals surface area (Å²) >= 11 is 0. The van der Waals surface area contributed by atoms with Crippen LogP contribution in [0.3, 0.4) is 0 Å². The molecule has 0 bridgehead atoms. The fraction of sp³-hybridized carbons (Fsp3) is 0.250. The van der Waals surface area contributed by atoms with Crippen molar-refractivity contribution in [1.29, 1.82) is 0 Å². The van der Waals surface area contributed by atoms with Crippen LogP contribution in [0.4, 0.5) is 0 Å². The zero-order valence-electron chi connectivity index (χ0n) is 11.3. The normalized spacial score (nSPS) is 10.4. The van der Waals surface area contributed by atoms with E-state index >= 15 is 0 Å². The van der Waals surface area contributed by atoms with Crippen LogP contribution in [0, 0.1) is 13.8 Å². The number of carbonyl (C=O) groups excluding carboxylic acids is 1. The van der Waals surface area contributed by atoms with E-state index in [0.29, 0.717) is 13.1 Å². The number of hydrogen-bond acceptors (Lipinski definition) is 3. The molecule has 1 aromatic carbocycles. The first-order valence-corrected chi connectivity index (χ1v) is 6.37. The van der Waals surface area contributed by atoms with Crippen LogP contribution in [-0.4, -0.2) is 17.3 Å². The molecule has 0 spiro atoms. The molecule has 19 heavy (non-hydrogen) atoms. The van der Waals surface area contributed by atoms with Crippen LogP contribution in [0.15, 0.2) is 42.7 Å². The van der Waals surface area contributed by atoms with Crippen molar-refractivity contribution in [3.05, 3.63) is 65.0 Å². The third-order valence-electron chi connectivity index (χ3n) is 3.17. The second-order valence-electron chi connectivity index (χ2n) is 4.69. The second kappa shape index (κ2) is 6.25. The Balaban J connectivity index is 1.89. The van der Waals surface area contributed by atoms with Crippen LogP contribution < -0.4 is 5.32 Å². The van der Waals surface area contributed by atoms with Crippen molar-refractivity contribution in [2.24, 2.45) is 0 Å². The van der Waals surface area contributed by atoms with E-state index in [0.717, 1.165) is 16.7 Å². The van der Waals surface area contributed by atoms with E-state index in [1.165, 1.54) is 5.56 Å². The molecule has 1 aromatic heterocycles. The summed E-state index contributed by atoms with van der Waals surface area (Å²) in [6.07, 6.45) is 3.54. The lowest BCUT2D eigenvalue weighted by molar-refractivity contribution is 0.0990. The van der Waals surface area contributed by atoms with Crippen LogP contribution >= 0.6 is 0 Å². The number of aryl methyl sites for hydroxylation is 2. The molecule has 2 aromatic rings. The van der Waals surface area contributed by atoms with Crippen molar-refractivity contribution in [2.45, 2.75) is 20.4 Å². The molecular formula is C16H18N2O. The first kappa shape index (κ1) is 13.4. The third kappa shape index (κ3) is 3.73. The van der Waals surface area contributed by atoms with Gasteiger partial charge in [-0.25, -0.2) is 0 Å². The average molecular weight is 254 g/mol. The summed E-state index contributed by atoms with van der Waals surface area (Å²) in [6.45, 7) is 5.07. The van der Waals surface area contributed by atoms with E-state index in [4.69, 9.17) is 0 Å². The molecule has 0 aliphatic heterocycles. The lowest BCUT2D eigenvalue weighted by Gasteiger charge is -2.06. The molecule has 0 amide bonds. The molecule has 3 nitrogen and oxygen atoms in total. The summed E-state index contributed by atoms with van der Waals surface area (Å²) in [5, 5.41) is 3.14. The van der Waals surface area contributed by atoms with Gasteiger partial charge < -0.3 is 5.32 Å². The summed E-state index contributed by atoms with van der Waals surface area (Å²) in [5.74, 6) is 0.118. The number of ketones is 1. The SMILES string of the molecule is Cc1ccc(C(=O)CNCc2cccnc2)cc1C. The highest BCUT2D eigenvalue weighted by molar-refractivity contribution is 5.97. The lowest BCUT2D eigenvalue weighted by atomic mass is 10.0. The summed E-state index contributed by atoms with van der Waals surface area (Å²) < 4.78 is 0. The van der Waals surface area contributed by atoms with Gasteiger partial charge in [0.1, 0.15) is 0 Å². The first-order chi connectivity index (χ1) is 9.16. The molecule has 0 saturated carbocycles. The Bertz CT molecular complexity index is 564. The van der Waals surface area contributed by atoms with Crippen LogP contribution in [0.2, 0.25) is 0 Å². The van der Waals surface area contributed by atoms with Crippen molar-refractivity contribution in [3.63, 3.8) is 0 Å². The number of pyridine rings is 1. The topological polar surface area (TPSA) is 42.0 Å². The van der Waals surface area contributed by atoms with Gasteiger partial charge in [0.25, 0.3) is 0 Å². The van der Waals surface area contributed by atoms with Crippen LogP contribution in [-0.2, 0) is 6.54 Å². The molecule has 0 aliphatic carbocycles. The zero-order chi connectivity index (χ0) is 13.7. The summed E-state index contributed by atoms with van der Waals surface area (Å²) in [7, 11) is 0. The fourth-order valence-corrected chi connectivity index (χ4v) is 1.84. The van der Waals surface area contributed by atoms with E-state index in [2.05, 4.69) is 10.3 Å². The molecule has 0 aliphatic rings. The van der Waals surface area contributed by atoms with Gasteiger partial charge in [-0.05, 0) is 42.7 Å². The Morgan fingerprint density at radius 3 is 2.74 bits per heavy atom. The molecule has 3 heteroatoms. The molecule has 2 rings (SSSR count). The van der Waals surface area contributed by atoms with Crippen molar-refractivity contribution in [3.8, 4) is 0 Å². The maximum absolute atomic E-state index is 12.0. The van der Waals surface area contributed by atoms with Crippen LogP contribution in [0.25, 0.3) is 0 Å². The van der Waals surface area contributed by atoms with E-state index in [1.807, 2.05) is 44.2 Å².